The lowest BCUT2D eigenvalue weighted by Crippen LogP contribution is -2.49. The van der Waals surface area contributed by atoms with Crippen molar-refractivity contribution in [3.05, 3.63) is 33.4 Å². The topological polar surface area (TPSA) is 61.8 Å². The van der Waals surface area contributed by atoms with Crippen LogP contribution in [0.1, 0.15) is 44.2 Å². The summed E-state index contributed by atoms with van der Waals surface area (Å²) in [5.74, 6) is 0.499. The summed E-state index contributed by atoms with van der Waals surface area (Å²) in [5, 5.41) is 14.5. The first-order chi connectivity index (χ1) is 12.0. The molecule has 25 heavy (non-hydrogen) atoms. The number of carbonyl (C=O) groups is 1. The van der Waals surface area contributed by atoms with Gasteiger partial charge in [0.05, 0.1) is 13.2 Å². The number of allylic oxidation sites excluding steroid dienone is 1. The highest BCUT2D eigenvalue weighted by atomic mass is 79.9. The van der Waals surface area contributed by atoms with Gasteiger partial charge in [-0.2, -0.15) is 0 Å². The van der Waals surface area contributed by atoms with E-state index in [2.05, 4.69) is 28.2 Å². The minimum Gasteiger partial charge on any atom is -0.504 e. The number of nitrogens with one attached hydrogen (secondary N) is 1. The first-order valence-electron chi connectivity index (χ1n) is 8.38. The molecule has 0 aromatic heterocycles. The third kappa shape index (κ3) is 3.27. The Balaban J connectivity index is 2.16. The average molecular weight is 425 g/mol. The van der Waals surface area contributed by atoms with E-state index in [-0.39, 0.29) is 11.5 Å². The molecule has 0 spiro atoms. The number of halogens is 1. The molecule has 0 amide bonds. The minimum atomic E-state index is -0.463. The second kappa shape index (κ2) is 7.33. The number of ether oxygens (including phenoxy) is 1. The van der Waals surface area contributed by atoms with Gasteiger partial charge in [0.2, 0.25) is 0 Å². The zero-order valence-corrected chi connectivity index (χ0v) is 16.7. The van der Waals surface area contributed by atoms with Crippen LogP contribution in [0.4, 0.5) is 0 Å². The van der Waals surface area contributed by atoms with Gasteiger partial charge in [-0.25, -0.2) is 0 Å². The zero-order valence-electron chi connectivity index (χ0n) is 14.3. The third-order valence-corrected chi connectivity index (χ3v) is 5.40. The lowest BCUT2D eigenvalue weighted by Gasteiger charge is -2.41. The van der Waals surface area contributed by atoms with Crippen LogP contribution in [0.5, 0.6) is 11.5 Å². The van der Waals surface area contributed by atoms with E-state index < -0.39 is 6.04 Å². The monoisotopic (exact) mass is 424 g/mol. The zero-order chi connectivity index (χ0) is 18.1. The van der Waals surface area contributed by atoms with Crippen LogP contribution in [-0.4, -0.2) is 34.6 Å². The van der Waals surface area contributed by atoms with Crippen molar-refractivity contribution < 1.29 is 14.6 Å². The van der Waals surface area contributed by atoms with Crippen LogP contribution < -0.4 is 10.1 Å². The van der Waals surface area contributed by atoms with E-state index in [0.29, 0.717) is 28.4 Å². The van der Waals surface area contributed by atoms with E-state index in [0.717, 1.165) is 36.0 Å². The van der Waals surface area contributed by atoms with Gasteiger partial charge in [-0.1, -0.05) is 22.9 Å². The smallest absolute Gasteiger partial charge is 0.173 e. The van der Waals surface area contributed by atoms with Gasteiger partial charge in [-0.05, 0) is 43.6 Å². The average Bonchev–Trinajstić information content (AvgIpc) is 2.59. The maximum atomic E-state index is 12.7. The Morgan fingerprint density at radius 2 is 2.20 bits per heavy atom. The van der Waals surface area contributed by atoms with Crippen molar-refractivity contribution in [1.29, 1.82) is 0 Å². The molecule has 1 atom stereocenters. The number of phenolic OH excluding ortho intramolecular Hbond substituents is 1. The van der Waals surface area contributed by atoms with Gasteiger partial charge >= 0.3 is 0 Å². The number of thiocarbonyl (C=S) groups is 1. The molecule has 3 rings (SSSR count). The lowest BCUT2D eigenvalue weighted by molar-refractivity contribution is -0.116. The number of benzene rings is 1. The highest BCUT2D eigenvalue weighted by molar-refractivity contribution is 9.10. The van der Waals surface area contributed by atoms with Crippen LogP contribution in [0.15, 0.2) is 27.9 Å². The van der Waals surface area contributed by atoms with Crippen molar-refractivity contribution >= 4 is 39.0 Å². The number of nitrogens with zero attached hydrogens (tertiary/aromatic N) is 1. The fraction of sp³-hybridized carbons (Fsp3) is 0.444. The van der Waals surface area contributed by atoms with Crippen LogP contribution in [0.25, 0.3) is 0 Å². The van der Waals surface area contributed by atoms with E-state index in [1.54, 1.807) is 12.1 Å². The molecular formula is C18H21BrN2O3S. The predicted molar refractivity (Wildman–Crippen MR) is 104 cm³/mol. The molecule has 0 fully saturated rings. The first kappa shape index (κ1) is 18.2. The Kier molecular flexibility index (Phi) is 5.34. The summed E-state index contributed by atoms with van der Waals surface area (Å²) in [4.78, 5) is 14.8. The Hall–Kier alpha value is -1.60. The van der Waals surface area contributed by atoms with Crippen LogP contribution in [0, 0.1) is 0 Å². The van der Waals surface area contributed by atoms with E-state index in [1.165, 1.54) is 7.11 Å². The SMILES string of the molecule is CCCN1C(=S)NC(c2cc(Br)cc(OC)c2O)C2=C1CCCC2=O. The summed E-state index contributed by atoms with van der Waals surface area (Å²) in [7, 11) is 1.50. The van der Waals surface area contributed by atoms with Crippen molar-refractivity contribution in [2.75, 3.05) is 13.7 Å². The molecule has 0 radical (unpaired) electrons. The fourth-order valence-corrected chi connectivity index (χ4v) is 4.29. The van der Waals surface area contributed by atoms with E-state index >= 15 is 0 Å². The van der Waals surface area contributed by atoms with Crippen molar-refractivity contribution in [3.8, 4) is 11.5 Å². The van der Waals surface area contributed by atoms with Gasteiger partial charge in [0, 0.05) is 34.3 Å². The maximum absolute atomic E-state index is 12.7. The van der Waals surface area contributed by atoms with Crippen molar-refractivity contribution in [3.63, 3.8) is 0 Å². The number of aromatic hydroxyl groups is 1. The van der Waals surface area contributed by atoms with Gasteiger partial charge in [-0.15, -0.1) is 0 Å². The van der Waals surface area contributed by atoms with Crippen LogP contribution in [0.3, 0.4) is 0 Å². The summed E-state index contributed by atoms with van der Waals surface area (Å²) in [5.41, 5.74) is 2.29. The summed E-state index contributed by atoms with van der Waals surface area (Å²) < 4.78 is 6.02. The molecule has 2 aliphatic rings. The first-order valence-corrected chi connectivity index (χ1v) is 9.58. The largest absolute Gasteiger partial charge is 0.504 e. The van der Waals surface area contributed by atoms with Crippen molar-refractivity contribution in [2.24, 2.45) is 0 Å². The molecule has 1 unspecified atom stereocenters. The lowest BCUT2D eigenvalue weighted by atomic mass is 9.84. The number of carbonyl (C=O) groups excluding carboxylic acids is 1. The summed E-state index contributed by atoms with van der Waals surface area (Å²) in [6, 6.07) is 3.04. The second-order valence-electron chi connectivity index (χ2n) is 6.22. The molecular weight excluding hydrogens is 404 g/mol. The van der Waals surface area contributed by atoms with Crippen LogP contribution in [-0.2, 0) is 4.79 Å². The Bertz CT molecular complexity index is 763. The quantitative estimate of drug-likeness (QED) is 0.716. The Labute approximate surface area is 161 Å². The van der Waals surface area contributed by atoms with Crippen LogP contribution >= 0.6 is 28.1 Å². The number of hydrogen-bond donors (Lipinski definition) is 2. The molecule has 1 aliphatic carbocycles. The number of ketones is 1. The van der Waals surface area contributed by atoms with E-state index in [1.807, 2.05) is 4.90 Å². The third-order valence-electron chi connectivity index (χ3n) is 4.60. The molecule has 2 N–H and O–H groups in total. The Morgan fingerprint density at radius 1 is 1.44 bits per heavy atom. The molecule has 7 heteroatoms. The standard InChI is InChI=1S/C18H21BrN2O3S/c1-3-7-21-12-5-4-6-13(22)15(12)16(20-18(21)25)11-8-10(19)9-14(24-2)17(11)23/h8-9,16,23H,3-7H2,1-2H3,(H,20,25). The molecule has 0 saturated heterocycles. The summed E-state index contributed by atoms with van der Waals surface area (Å²) >= 11 is 9.01. The summed E-state index contributed by atoms with van der Waals surface area (Å²) in [6.07, 6.45) is 3.12. The molecule has 1 aromatic rings. The molecule has 1 aromatic carbocycles. The molecule has 1 heterocycles. The highest BCUT2D eigenvalue weighted by Gasteiger charge is 2.38. The number of methoxy groups -OCH3 is 1. The van der Waals surface area contributed by atoms with Crippen LogP contribution in [0.2, 0.25) is 0 Å². The molecule has 5 nitrogen and oxygen atoms in total. The number of hydrogen-bond acceptors (Lipinski definition) is 4. The highest BCUT2D eigenvalue weighted by Crippen LogP contribution is 2.43. The van der Waals surface area contributed by atoms with Gasteiger partial charge < -0.3 is 20.1 Å². The molecule has 1 aliphatic heterocycles. The van der Waals surface area contributed by atoms with E-state index in [9.17, 15) is 9.90 Å². The minimum absolute atomic E-state index is 0.0279. The molecule has 134 valence electrons. The van der Waals surface area contributed by atoms with Gasteiger partial charge in [0.15, 0.2) is 22.4 Å². The fourth-order valence-electron chi connectivity index (χ4n) is 3.51. The Morgan fingerprint density at radius 3 is 2.88 bits per heavy atom. The van der Waals surface area contributed by atoms with Crippen molar-refractivity contribution in [1.82, 2.24) is 10.2 Å². The number of rotatable bonds is 4. The summed E-state index contributed by atoms with van der Waals surface area (Å²) in [6.45, 7) is 2.86. The van der Waals surface area contributed by atoms with Crippen molar-refractivity contribution in [2.45, 2.75) is 38.6 Å². The maximum Gasteiger partial charge on any atom is 0.173 e. The normalized spacial score (nSPS) is 20.4. The van der Waals surface area contributed by atoms with Gasteiger partial charge in [-0.3, -0.25) is 4.79 Å². The number of phenols is 1. The van der Waals surface area contributed by atoms with Gasteiger partial charge in [0.25, 0.3) is 0 Å². The predicted octanol–water partition coefficient (Wildman–Crippen LogP) is 3.81. The second-order valence-corrected chi connectivity index (χ2v) is 7.52. The van der Waals surface area contributed by atoms with Gasteiger partial charge in [0.1, 0.15) is 0 Å². The van der Waals surface area contributed by atoms with E-state index in [4.69, 9.17) is 17.0 Å². The molecule has 0 bridgehead atoms. The molecule has 0 saturated carbocycles. The number of Topliss-reactive ketones (excluding diaryl/α,β-unsaturated/α-hetero) is 1.